The monoisotopic (exact) mass is 387 g/mol. The van der Waals surface area contributed by atoms with Crippen molar-refractivity contribution in [3.63, 3.8) is 0 Å². The summed E-state index contributed by atoms with van der Waals surface area (Å²) in [6.07, 6.45) is 2.37. The van der Waals surface area contributed by atoms with Gasteiger partial charge in [-0.05, 0) is 74.2 Å². The van der Waals surface area contributed by atoms with Crippen LogP contribution in [0.5, 0.6) is 0 Å². The molecular formula is C22H23ClFNO2. The summed E-state index contributed by atoms with van der Waals surface area (Å²) >= 11 is 6.13. The Labute approximate surface area is 164 Å². The van der Waals surface area contributed by atoms with E-state index >= 15 is 0 Å². The molecular weight excluding hydrogens is 365 g/mol. The number of nitrogens with one attached hydrogen (secondary N) is 1. The van der Waals surface area contributed by atoms with Gasteiger partial charge in [-0.2, -0.15) is 0 Å². The Bertz CT molecular complexity index is 874. The van der Waals surface area contributed by atoms with Gasteiger partial charge < -0.3 is 10.1 Å². The molecule has 0 amide bonds. The number of allylic oxidation sites excluding steroid dienone is 1. The lowest BCUT2D eigenvalue weighted by Gasteiger charge is -2.31. The first-order valence-electron chi connectivity index (χ1n) is 9.09. The van der Waals surface area contributed by atoms with Crippen LogP contribution in [0.3, 0.4) is 0 Å². The van der Waals surface area contributed by atoms with Crippen molar-refractivity contribution in [3.8, 4) is 0 Å². The second-order valence-corrected chi connectivity index (χ2v) is 7.24. The van der Waals surface area contributed by atoms with Crippen molar-refractivity contribution in [1.29, 1.82) is 0 Å². The second-order valence-electron chi connectivity index (χ2n) is 6.83. The molecule has 0 radical (unpaired) electrons. The number of carbonyl (C=O) groups is 1. The minimum atomic E-state index is -0.349. The van der Waals surface area contributed by atoms with Crippen LogP contribution in [0.15, 0.2) is 36.4 Å². The number of anilines is 1. The zero-order valence-corrected chi connectivity index (χ0v) is 16.4. The van der Waals surface area contributed by atoms with E-state index < -0.39 is 0 Å². The molecule has 0 saturated carbocycles. The first-order valence-corrected chi connectivity index (χ1v) is 9.47. The predicted molar refractivity (Wildman–Crippen MR) is 108 cm³/mol. The summed E-state index contributed by atoms with van der Waals surface area (Å²) < 4.78 is 19.3. The summed E-state index contributed by atoms with van der Waals surface area (Å²) in [4.78, 5) is 12.2. The number of carbonyl (C=O) groups excluding carboxylic acids is 1. The van der Waals surface area contributed by atoms with Crippen LogP contribution < -0.4 is 5.32 Å². The zero-order chi connectivity index (χ0) is 19.6. The first kappa shape index (κ1) is 19.4. The molecule has 2 aromatic carbocycles. The van der Waals surface area contributed by atoms with Crippen molar-refractivity contribution in [2.24, 2.45) is 5.92 Å². The highest BCUT2D eigenvalue weighted by molar-refractivity contribution is 6.32. The SMILES string of the molecule is CCOC(=O)[C@@H]1Cc2cc(/C(C)=C/c3c(F)cccc3Cl)ccc2N[C@@H]1C. The smallest absolute Gasteiger partial charge is 0.311 e. The van der Waals surface area contributed by atoms with E-state index in [-0.39, 0.29) is 23.7 Å². The van der Waals surface area contributed by atoms with E-state index in [4.69, 9.17) is 16.3 Å². The highest BCUT2D eigenvalue weighted by Crippen LogP contribution is 2.33. The molecule has 0 fully saturated rings. The molecule has 27 heavy (non-hydrogen) atoms. The third kappa shape index (κ3) is 4.16. The Morgan fingerprint density at radius 2 is 2.15 bits per heavy atom. The summed E-state index contributed by atoms with van der Waals surface area (Å²) in [5.41, 5.74) is 4.31. The van der Waals surface area contributed by atoms with E-state index in [1.54, 1.807) is 18.2 Å². The normalized spacial score (nSPS) is 19.2. The fourth-order valence-corrected chi connectivity index (χ4v) is 3.61. The van der Waals surface area contributed by atoms with Crippen LogP contribution in [-0.4, -0.2) is 18.6 Å². The number of benzene rings is 2. The molecule has 0 bridgehead atoms. The molecule has 2 atom stereocenters. The Morgan fingerprint density at radius 1 is 1.37 bits per heavy atom. The first-order chi connectivity index (χ1) is 12.9. The molecule has 0 aromatic heterocycles. The number of rotatable bonds is 4. The standard InChI is InChI=1S/C22H23ClFNO2/c1-4-27-22(26)17-12-16-11-15(8-9-21(16)25-14(17)3)13(2)10-18-19(23)6-5-7-20(18)24/h5-11,14,17,25H,4,12H2,1-3H3/b13-10+/t14-,17-/m1/s1. The van der Waals surface area contributed by atoms with E-state index in [1.807, 2.05) is 39.0 Å². The Hall–Kier alpha value is -2.33. The van der Waals surface area contributed by atoms with Crippen LogP contribution in [-0.2, 0) is 16.0 Å². The molecule has 0 unspecified atom stereocenters. The molecule has 5 heteroatoms. The summed E-state index contributed by atoms with van der Waals surface area (Å²) in [6.45, 7) is 6.10. The maximum Gasteiger partial charge on any atom is 0.311 e. The molecule has 1 heterocycles. The molecule has 1 aliphatic heterocycles. The number of fused-ring (bicyclic) bond motifs is 1. The lowest BCUT2D eigenvalue weighted by Crippen LogP contribution is -2.38. The molecule has 2 aromatic rings. The average Bonchev–Trinajstić information content (AvgIpc) is 2.64. The number of halogens is 2. The Balaban J connectivity index is 1.91. The van der Waals surface area contributed by atoms with E-state index in [0.29, 0.717) is 23.6 Å². The molecule has 1 aliphatic rings. The summed E-state index contributed by atoms with van der Waals surface area (Å²) in [7, 11) is 0. The van der Waals surface area contributed by atoms with Gasteiger partial charge in [-0.1, -0.05) is 23.7 Å². The van der Waals surface area contributed by atoms with Crippen LogP contribution >= 0.6 is 11.6 Å². The summed E-state index contributed by atoms with van der Waals surface area (Å²) in [6, 6.07) is 10.7. The van der Waals surface area contributed by atoms with Crippen LogP contribution in [0.1, 0.15) is 37.5 Å². The van der Waals surface area contributed by atoms with Gasteiger partial charge in [0.05, 0.1) is 17.5 Å². The van der Waals surface area contributed by atoms with Crippen LogP contribution in [0.4, 0.5) is 10.1 Å². The topological polar surface area (TPSA) is 38.3 Å². The third-order valence-corrected chi connectivity index (χ3v) is 5.27. The maximum absolute atomic E-state index is 14.1. The number of esters is 1. The van der Waals surface area contributed by atoms with E-state index in [0.717, 1.165) is 22.4 Å². The van der Waals surface area contributed by atoms with Crippen LogP contribution in [0, 0.1) is 11.7 Å². The molecule has 1 N–H and O–H groups in total. The van der Waals surface area contributed by atoms with Crippen molar-refractivity contribution in [2.75, 3.05) is 11.9 Å². The molecule has 0 spiro atoms. The number of hydrogen-bond acceptors (Lipinski definition) is 3. The van der Waals surface area contributed by atoms with Gasteiger partial charge in [0.25, 0.3) is 0 Å². The third-order valence-electron chi connectivity index (χ3n) is 4.94. The largest absolute Gasteiger partial charge is 0.466 e. The Morgan fingerprint density at radius 3 is 2.85 bits per heavy atom. The molecule has 0 saturated heterocycles. The summed E-state index contributed by atoms with van der Waals surface area (Å²) in [5.74, 6) is -0.755. The fourth-order valence-electron chi connectivity index (χ4n) is 3.39. The van der Waals surface area contributed by atoms with Crippen LogP contribution in [0.2, 0.25) is 5.02 Å². The van der Waals surface area contributed by atoms with E-state index in [1.165, 1.54) is 6.07 Å². The van der Waals surface area contributed by atoms with Gasteiger partial charge in [0.1, 0.15) is 5.82 Å². The van der Waals surface area contributed by atoms with Gasteiger partial charge >= 0.3 is 5.97 Å². The fraction of sp³-hybridized carbons (Fsp3) is 0.318. The highest BCUT2D eigenvalue weighted by Gasteiger charge is 2.31. The van der Waals surface area contributed by atoms with Crippen molar-refractivity contribution in [2.45, 2.75) is 33.2 Å². The van der Waals surface area contributed by atoms with Gasteiger partial charge in [0, 0.05) is 17.3 Å². The predicted octanol–water partition coefficient (Wildman–Crippen LogP) is 5.58. The quantitative estimate of drug-likeness (QED) is 0.550. The van der Waals surface area contributed by atoms with Crippen LogP contribution in [0.25, 0.3) is 11.6 Å². The van der Waals surface area contributed by atoms with Gasteiger partial charge in [0.2, 0.25) is 0 Å². The number of ether oxygens (including phenoxy) is 1. The summed E-state index contributed by atoms with van der Waals surface area (Å²) in [5, 5.41) is 3.76. The van der Waals surface area contributed by atoms with Gasteiger partial charge in [-0.3, -0.25) is 4.79 Å². The van der Waals surface area contributed by atoms with Crippen molar-refractivity contribution in [1.82, 2.24) is 0 Å². The van der Waals surface area contributed by atoms with E-state index in [2.05, 4.69) is 5.32 Å². The highest BCUT2D eigenvalue weighted by atomic mass is 35.5. The van der Waals surface area contributed by atoms with Crippen molar-refractivity contribution >= 4 is 34.9 Å². The van der Waals surface area contributed by atoms with Crippen molar-refractivity contribution in [3.05, 3.63) is 63.9 Å². The lowest BCUT2D eigenvalue weighted by molar-refractivity contribution is -0.148. The molecule has 3 rings (SSSR count). The minimum absolute atomic E-state index is 0.0104. The zero-order valence-electron chi connectivity index (χ0n) is 15.7. The van der Waals surface area contributed by atoms with E-state index in [9.17, 15) is 9.18 Å². The van der Waals surface area contributed by atoms with Crippen molar-refractivity contribution < 1.29 is 13.9 Å². The maximum atomic E-state index is 14.1. The van der Waals surface area contributed by atoms with Gasteiger partial charge in [0.15, 0.2) is 0 Å². The molecule has 142 valence electrons. The minimum Gasteiger partial charge on any atom is -0.466 e. The van der Waals surface area contributed by atoms with Gasteiger partial charge in [-0.15, -0.1) is 0 Å². The number of hydrogen-bond donors (Lipinski definition) is 1. The Kier molecular flexibility index (Phi) is 5.85. The van der Waals surface area contributed by atoms with Gasteiger partial charge in [-0.25, -0.2) is 4.39 Å². The molecule has 3 nitrogen and oxygen atoms in total. The molecule has 0 aliphatic carbocycles. The lowest BCUT2D eigenvalue weighted by atomic mass is 9.86. The average molecular weight is 388 g/mol. The second kappa shape index (κ2) is 8.13.